The molecule has 0 spiro atoms. The zero-order valence-corrected chi connectivity index (χ0v) is 8.35. The topological polar surface area (TPSA) is 70.0 Å². The summed E-state index contributed by atoms with van der Waals surface area (Å²) in [6.45, 7) is 2.08. The maximum atomic E-state index is 10.6. The molecule has 5 nitrogen and oxygen atoms in total. The molecular weight excluding hydrogens is 186 g/mol. The van der Waals surface area contributed by atoms with Crippen molar-refractivity contribution in [2.24, 2.45) is 5.92 Å². The Hall–Kier alpha value is -0.650. The fourth-order valence-electron chi connectivity index (χ4n) is 1.74. The predicted octanol–water partition coefficient (Wildman–Crippen LogP) is -0.600. The molecule has 2 atom stereocenters. The molecule has 0 aromatic rings. The fraction of sp³-hybridized carbons (Fsp3) is 0.889. The summed E-state index contributed by atoms with van der Waals surface area (Å²) in [5, 5.41) is 18.2. The summed E-state index contributed by atoms with van der Waals surface area (Å²) >= 11 is 0. The van der Waals surface area contributed by atoms with Crippen molar-refractivity contribution >= 4 is 5.97 Å². The van der Waals surface area contributed by atoms with Crippen LogP contribution in [0.1, 0.15) is 6.42 Å². The second-order valence-electron chi connectivity index (χ2n) is 3.69. The van der Waals surface area contributed by atoms with Gasteiger partial charge in [0.2, 0.25) is 0 Å². The molecule has 0 aromatic carbocycles. The van der Waals surface area contributed by atoms with E-state index in [0.717, 1.165) is 6.54 Å². The van der Waals surface area contributed by atoms with E-state index in [2.05, 4.69) is 0 Å². The molecule has 0 saturated carbocycles. The molecule has 1 aliphatic heterocycles. The van der Waals surface area contributed by atoms with Crippen molar-refractivity contribution in [3.05, 3.63) is 0 Å². The molecule has 0 aromatic heterocycles. The van der Waals surface area contributed by atoms with Gasteiger partial charge in [0.15, 0.2) is 0 Å². The number of hydrogen-bond acceptors (Lipinski definition) is 4. The first kappa shape index (κ1) is 11.4. The minimum atomic E-state index is -0.742. The highest BCUT2D eigenvalue weighted by Gasteiger charge is 2.28. The van der Waals surface area contributed by atoms with Gasteiger partial charge in [-0.15, -0.1) is 0 Å². The van der Waals surface area contributed by atoms with E-state index in [9.17, 15) is 9.90 Å². The Balaban J connectivity index is 2.25. The summed E-state index contributed by atoms with van der Waals surface area (Å²) in [6.07, 6.45) is 0.155. The lowest BCUT2D eigenvalue weighted by atomic mass is 10.1. The normalized spacial score (nSPS) is 25.1. The van der Waals surface area contributed by atoms with E-state index >= 15 is 0 Å². The molecule has 0 amide bonds. The lowest BCUT2D eigenvalue weighted by Crippen LogP contribution is -2.33. The molecule has 1 fully saturated rings. The van der Waals surface area contributed by atoms with Gasteiger partial charge in [0.05, 0.1) is 18.6 Å². The van der Waals surface area contributed by atoms with Gasteiger partial charge in [-0.3, -0.25) is 9.69 Å². The number of carboxylic acids is 1. The molecule has 82 valence electrons. The van der Waals surface area contributed by atoms with E-state index in [1.54, 1.807) is 0 Å². The second kappa shape index (κ2) is 5.29. The van der Waals surface area contributed by atoms with Crippen molar-refractivity contribution in [1.82, 2.24) is 4.90 Å². The number of carboxylic acid groups (broad SMARTS) is 1. The number of aliphatic hydroxyl groups is 1. The van der Waals surface area contributed by atoms with E-state index < -0.39 is 12.1 Å². The molecule has 1 heterocycles. The average molecular weight is 203 g/mol. The predicted molar refractivity (Wildman–Crippen MR) is 50.1 cm³/mol. The molecule has 14 heavy (non-hydrogen) atoms. The Morgan fingerprint density at radius 1 is 1.71 bits per heavy atom. The van der Waals surface area contributed by atoms with E-state index in [-0.39, 0.29) is 5.92 Å². The van der Waals surface area contributed by atoms with Crippen molar-refractivity contribution in [1.29, 1.82) is 0 Å². The van der Waals surface area contributed by atoms with Gasteiger partial charge in [0.1, 0.15) is 0 Å². The van der Waals surface area contributed by atoms with Crippen LogP contribution in [0.4, 0.5) is 0 Å². The number of rotatable bonds is 5. The Morgan fingerprint density at radius 2 is 2.43 bits per heavy atom. The highest BCUT2D eigenvalue weighted by atomic mass is 16.5. The van der Waals surface area contributed by atoms with Crippen molar-refractivity contribution in [2.75, 3.05) is 33.4 Å². The SMILES string of the molecule is COCC(O)CN1CCC(C(=O)O)C1. The minimum absolute atomic E-state index is 0.273. The van der Waals surface area contributed by atoms with Gasteiger partial charge in [-0.05, 0) is 13.0 Å². The van der Waals surface area contributed by atoms with Crippen LogP contribution < -0.4 is 0 Å². The number of carbonyl (C=O) groups is 1. The van der Waals surface area contributed by atoms with E-state index in [1.165, 1.54) is 7.11 Å². The first-order valence-electron chi connectivity index (χ1n) is 4.75. The molecular formula is C9H17NO4. The Morgan fingerprint density at radius 3 is 2.93 bits per heavy atom. The summed E-state index contributed by atoms with van der Waals surface area (Å²) in [7, 11) is 1.53. The smallest absolute Gasteiger partial charge is 0.307 e. The number of β-amino-alcohol motifs (C(OH)–C–C–N with tert-alkyl or cyclic N) is 1. The van der Waals surface area contributed by atoms with Crippen LogP contribution in [0.25, 0.3) is 0 Å². The molecule has 1 aliphatic rings. The van der Waals surface area contributed by atoms with E-state index in [0.29, 0.717) is 26.1 Å². The van der Waals surface area contributed by atoms with Gasteiger partial charge in [-0.2, -0.15) is 0 Å². The van der Waals surface area contributed by atoms with Crippen molar-refractivity contribution in [3.8, 4) is 0 Å². The van der Waals surface area contributed by atoms with Gasteiger partial charge >= 0.3 is 5.97 Å². The zero-order valence-electron chi connectivity index (χ0n) is 8.35. The maximum Gasteiger partial charge on any atom is 0.307 e. The highest BCUT2D eigenvalue weighted by molar-refractivity contribution is 5.70. The minimum Gasteiger partial charge on any atom is -0.481 e. The summed E-state index contributed by atoms with van der Waals surface area (Å²) in [6, 6.07) is 0. The summed E-state index contributed by atoms with van der Waals surface area (Å²) in [5.41, 5.74) is 0. The maximum absolute atomic E-state index is 10.6. The number of hydrogen-bond donors (Lipinski definition) is 2. The Bertz CT molecular complexity index is 197. The number of likely N-dealkylation sites (tertiary alicyclic amines) is 1. The molecule has 5 heteroatoms. The van der Waals surface area contributed by atoms with Crippen LogP contribution in [0.5, 0.6) is 0 Å². The largest absolute Gasteiger partial charge is 0.481 e. The molecule has 0 bridgehead atoms. The number of methoxy groups -OCH3 is 1. The van der Waals surface area contributed by atoms with Gasteiger partial charge in [-0.25, -0.2) is 0 Å². The molecule has 2 unspecified atom stereocenters. The first-order valence-corrected chi connectivity index (χ1v) is 4.75. The summed E-state index contributed by atoms with van der Waals surface area (Å²) in [5.74, 6) is -1.02. The van der Waals surface area contributed by atoms with Gasteiger partial charge in [0.25, 0.3) is 0 Å². The number of aliphatic carboxylic acids is 1. The Kier molecular flexibility index (Phi) is 4.31. The average Bonchev–Trinajstić information content (AvgIpc) is 2.53. The lowest BCUT2D eigenvalue weighted by molar-refractivity contribution is -0.141. The third-order valence-electron chi connectivity index (χ3n) is 2.45. The summed E-state index contributed by atoms with van der Waals surface area (Å²) < 4.78 is 4.80. The molecule has 1 rings (SSSR count). The lowest BCUT2D eigenvalue weighted by Gasteiger charge is -2.18. The number of nitrogens with zero attached hydrogens (tertiary/aromatic N) is 1. The van der Waals surface area contributed by atoms with Crippen LogP contribution in [0.3, 0.4) is 0 Å². The van der Waals surface area contributed by atoms with Crippen LogP contribution >= 0.6 is 0 Å². The summed E-state index contributed by atoms with van der Waals surface area (Å²) in [4.78, 5) is 12.6. The molecule has 1 saturated heterocycles. The highest BCUT2D eigenvalue weighted by Crippen LogP contribution is 2.16. The van der Waals surface area contributed by atoms with Gasteiger partial charge in [0, 0.05) is 20.2 Å². The quantitative estimate of drug-likeness (QED) is 0.624. The number of aliphatic hydroxyl groups excluding tert-OH is 1. The standard InChI is InChI=1S/C9H17NO4/c1-14-6-8(11)5-10-3-2-7(4-10)9(12)13/h7-8,11H,2-6H2,1H3,(H,12,13). The van der Waals surface area contributed by atoms with Crippen molar-refractivity contribution < 1.29 is 19.7 Å². The Labute approximate surface area is 83.3 Å². The van der Waals surface area contributed by atoms with Gasteiger partial charge in [-0.1, -0.05) is 0 Å². The third kappa shape index (κ3) is 3.25. The first-order chi connectivity index (χ1) is 6.63. The molecule has 2 N–H and O–H groups in total. The van der Waals surface area contributed by atoms with Crippen LogP contribution in [0, 0.1) is 5.92 Å². The monoisotopic (exact) mass is 203 g/mol. The zero-order chi connectivity index (χ0) is 10.6. The fourth-order valence-corrected chi connectivity index (χ4v) is 1.74. The van der Waals surface area contributed by atoms with Crippen LogP contribution in [-0.2, 0) is 9.53 Å². The second-order valence-corrected chi connectivity index (χ2v) is 3.69. The van der Waals surface area contributed by atoms with Crippen molar-refractivity contribution in [2.45, 2.75) is 12.5 Å². The van der Waals surface area contributed by atoms with Crippen LogP contribution in [0.15, 0.2) is 0 Å². The molecule has 0 radical (unpaired) electrons. The number of ether oxygens (including phenoxy) is 1. The van der Waals surface area contributed by atoms with E-state index in [1.807, 2.05) is 4.90 Å². The van der Waals surface area contributed by atoms with Gasteiger partial charge < -0.3 is 14.9 Å². The van der Waals surface area contributed by atoms with Crippen LogP contribution in [0.2, 0.25) is 0 Å². The van der Waals surface area contributed by atoms with E-state index in [4.69, 9.17) is 9.84 Å². The third-order valence-corrected chi connectivity index (χ3v) is 2.45. The molecule has 0 aliphatic carbocycles. The van der Waals surface area contributed by atoms with Crippen molar-refractivity contribution in [3.63, 3.8) is 0 Å². The van der Waals surface area contributed by atoms with Crippen LogP contribution in [-0.4, -0.2) is 60.5 Å².